The minimum absolute atomic E-state index is 0.123. The molecule has 140 valence electrons. The molecule has 0 saturated carbocycles. The van der Waals surface area contributed by atoms with Gasteiger partial charge >= 0.3 is 6.09 Å². The number of amides is 1. The smallest absolute Gasteiger partial charge is 0.407 e. The van der Waals surface area contributed by atoms with Crippen LogP contribution >= 0.6 is 0 Å². The van der Waals surface area contributed by atoms with E-state index in [0.717, 1.165) is 25.8 Å². The lowest BCUT2D eigenvalue weighted by atomic mass is 9.93. The average molecular weight is 341 g/mol. The Morgan fingerprint density at radius 1 is 1.25 bits per heavy atom. The monoisotopic (exact) mass is 340 g/mol. The first kappa shape index (κ1) is 19.5. The first-order chi connectivity index (χ1) is 11.1. The van der Waals surface area contributed by atoms with E-state index in [9.17, 15) is 9.90 Å². The van der Waals surface area contributed by atoms with E-state index < -0.39 is 5.60 Å². The molecule has 2 N–H and O–H groups in total. The number of carbonyl (C=O) groups is 1. The fourth-order valence-corrected chi connectivity index (χ4v) is 4.27. The van der Waals surface area contributed by atoms with E-state index in [1.807, 2.05) is 20.8 Å². The number of nitrogens with zero attached hydrogens (tertiary/aromatic N) is 1. The van der Waals surface area contributed by atoms with Gasteiger partial charge in [-0.25, -0.2) is 4.79 Å². The second-order valence-electron chi connectivity index (χ2n) is 9.09. The van der Waals surface area contributed by atoms with Gasteiger partial charge in [-0.1, -0.05) is 13.8 Å². The van der Waals surface area contributed by atoms with E-state index in [4.69, 9.17) is 4.74 Å². The van der Waals surface area contributed by atoms with Crippen molar-refractivity contribution in [1.29, 1.82) is 0 Å². The molecule has 24 heavy (non-hydrogen) atoms. The number of hydrogen-bond donors (Lipinski definition) is 2. The van der Waals surface area contributed by atoms with Crippen LogP contribution in [-0.2, 0) is 4.74 Å². The zero-order chi connectivity index (χ0) is 17.9. The molecule has 2 heterocycles. The minimum atomic E-state index is -0.459. The molecule has 2 bridgehead atoms. The van der Waals surface area contributed by atoms with Crippen LogP contribution in [0.3, 0.4) is 0 Å². The first-order valence-electron chi connectivity index (χ1n) is 9.54. The molecular weight excluding hydrogens is 304 g/mol. The number of alkyl carbamates (subject to hydrolysis) is 1. The van der Waals surface area contributed by atoms with E-state index in [0.29, 0.717) is 30.5 Å². The predicted molar refractivity (Wildman–Crippen MR) is 95.9 cm³/mol. The zero-order valence-corrected chi connectivity index (χ0v) is 16.0. The Morgan fingerprint density at radius 3 is 2.33 bits per heavy atom. The summed E-state index contributed by atoms with van der Waals surface area (Å²) in [4.78, 5) is 14.5. The summed E-state index contributed by atoms with van der Waals surface area (Å²) in [6.07, 6.45) is 4.87. The average Bonchev–Trinajstić information content (AvgIpc) is 2.65. The molecule has 2 rings (SSSR count). The lowest BCUT2D eigenvalue weighted by Gasteiger charge is -2.39. The van der Waals surface area contributed by atoms with Crippen molar-refractivity contribution in [2.24, 2.45) is 11.8 Å². The topological polar surface area (TPSA) is 61.8 Å². The third-order valence-electron chi connectivity index (χ3n) is 5.07. The maximum Gasteiger partial charge on any atom is 0.407 e. The molecule has 2 aliphatic rings. The zero-order valence-electron chi connectivity index (χ0n) is 16.0. The van der Waals surface area contributed by atoms with Crippen molar-refractivity contribution >= 4 is 6.09 Å². The number of aliphatic hydroxyl groups excluding tert-OH is 1. The number of nitrogens with one attached hydrogen (secondary N) is 1. The van der Waals surface area contributed by atoms with Crippen LogP contribution < -0.4 is 5.32 Å². The van der Waals surface area contributed by atoms with Gasteiger partial charge in [0.05, 0.1) is 6.10 Å². The van der Waals surface area contributed by atoms with Crippen LogP contribution in [0.4, 0.5) is 4.79 Å². The highest BCUT2D eigenvalue weighted by atomic mass is 16.6. The number of fused-ring (bicyclic) bond motifs is 2. The number of rotatable bonds is 6. The van der Waals surface area contributed by atoms with Crippen molar-refractivity contribution in [1.82, 2.24) is 10.2 Å². The fourth-order valence-electron chi connectivity index (χ4n) is 4.27. The number of aliphatic hydroxyl groups is 1. The Labute approximate surface area is 147 Å². The second kappa shape index (κ2) is 8.05. The van der Waals surface area contributed by atoms with Crippen molar-refractivity contribution in [3.63, 3.8) is 0 Å². The standard InChI is InChI=1S/C19H36N2O3/c1-13(2)8-14(11-20-18(23)24-19(3,4)5)12-21-15-6-7-16(21)10-17(22)9-15/h13-17,22H,6-12H2,1-5H3,(H,20,23). The van der Waals surface area contributed by atoms with Crippen LogP contribution in [0, 0.1) is 11.8 Å². The Kier molecular flexibility index (Phi) is 6.54. The second-order valence-corrected chi connectivity index (χ2v) is 9.09. The largest absolute Gasteiger partial charge is 0.444 e. The van der Waals surface area contributed by atoms with E-state index in [1.54, 1.807) is 0 Å². The van der Waals surface area contributed by atoms with E-state index >= 15 is 0 Å². The summed E-state index contributed by atoms with van der Waals surface area (Å²) in [6, 6.07) is 1.05. The number of ether oxygens (including phenoxy) is 1. The Hall–Kier alpha value is -0.810. The van der Waals surface area contributed by atoms with Crippen molar-refractivity contribution in [2.45, 2.75) is 90.5 Å². The minimum Gasteiger partial charge on any atom is -0.444 e. The quantitative estimate of drug-likeness (QED) is 0.780. The van der Waals surface area contributed by atoms with Crippen molar-refractivity contribution in [2.75, 3.05) is 13.1 Å². The fraction of sp³-hybridized carbons (Fsp3) is 0.947. The third-order valence-corrected chi connectivity index (χ3v) is 5.07. The molecule has 2 fully saturated rings. The van der Waals surface area contributed by atoms with Crippen molar-refractivity contribution in [3.8, 4) is 0 Å². The molecule has 2 saturated heterocycles. The summed E-state index contributed by atoms with van der Waals surface area (Å²) in [6.45, 7) is 11.8. The molecule has 0 radical (unpaired) electrons. The summed E-state index contributed by atoms with van der Waals surface area (Å²) in [7, 11) is 0. The molecule has 2 aliphatic heterocycles. The van der Waals surface area contributed by atoms with Gasteiger partial charge in [-0.2, -0.15) is 0 Å². The van der Waals surface area contributed by atoms with Gasteiger partial charge in [0.25, 0.3) is 0 Å². The molecular formula is C19H36N2O3. The van der Waals surface area contributed by atoms with E-state index in [1.165, 1.54) is 12.8 Å². The molecule has 0 aromatic heterocycles. The summed E-state index contributed by atoms with van der Waals surface area (Å²) < 4.78 is 5.36. The SMILES string of the molecule is CC(C)CC(CNC(=O)OC(C)(C)C)CN1C2CCC1CC(O)C2. The summed E-state index contributed by atoms with van der Waals surface area (Å²) in [5, 5.41) is 12.9. The molecule has 3 unspecified atom stereocenters. The lowest BCUT2D eigenvalue weighted by molar-refractivity contribution is 0.0239. The molecule has 0 aliphatic carbocycles. The van der Waals surface area contributed by atoms with Gasteiger partial charge < -0.3 is 15.2 Å². The van der Waals surface area contributed by atoms with Gasteiger partial charge in [0.15, 0.2) is 0 Å². The van der Waals surface area contributed by atoms with Crippen LogP contribution in [0.5, 0.6) is 0 Å². The number of carbonyl (C=O) groups excluding carboxylic acids is 1. The maximum atomic E-state index is 11.9. The van der Waals surface area contributed by atoms with E-state index in [-0.39, 0.29) is 12.2 Å². The normalized spacial score (nSPS) is 28.9. The highest BCUT2D eigenvalue weighted by Crippen LogP contribution is 2.36. The number of piperidine rings is 1. The lowest BCUT2D eigenvalue weighted by Crippen LogP contribution is -2.48. The maximum absolute atomic E-state index is 11.9. The van der Waals surface area contributed by atoms with Crippen LogP contribution in [0.1, 0.15) is 66.7 Å². The summed E-state index contributed by atoms with van der Waals surface area (Å²) >= 11 is 0. The first-order valence-corrected chi connectivity index (χ1v) is 9.54. The van der Waals surface area contributed by atoms with Crippen LogP contribution in [0.2, 0.25) is 0 Å². The molecule has 3 atom stereocenters. The summed E-state index contributed by atoms with van der Waals surface area (Å²) in [5.74, 6) is 1.03. The third kappa shape index (κ3) is 5.92. The Balaban J connectivity index is 1.88. The Morgan fingerprint density at radius 2 is 1.83 bits per heavy atom. The van der Waals surface area contributed by atoms with Gasteiger partial charge in [-0.05, 0) is 64.7 Å². The van der Waals surface area contributed by atoms with Gasteiger partial charge in [0.1, 0.15) is 5.60 Å². The van der Waals surface area contributed by atoms with Gasteiger partial charge in [0.2, 0.25) is 0 Å². The highest BCUT2D eigenvalue weighted by molar-refractivity contribution is 5.67. The molecule has 0 spiro atoms. The highest BCUT2D eigenvalue weighted by Gasteiger charge is 2.40. The molecule has 5 nitrogen and oxygen atoms in total. The van der Waals surface area contributed by atoms with Gasteiger partial charge in [-0.3, -0.25) is 4.90 Å². The van der Waals surface area contributed by atoms with Crippen LogP contribution in [-0.4, -0.2) is 53.0 Å². The van der Waals surface area contributed by atoms with Gasteiger partial charge in [0, 0.05) is 25.2 Å². The van der Waals surface area contributed by atoms with Crippen LogP contribution in [0.15, 0.2) is 0 Å². The molecule has 1 amide bonds. The molecule has 5 heteroatoms. The molecule has 0 aromatic carbocycles. The van der Waals surface area contributed by atoms with Crippen LogP contribution in [0.25, 0.3) is 0 Å². The van der Waals surface area contributed by atoms with Gasteiger partial charge in [-0.15, -0.1) is 0 Å². The Bertz CT molecular complexity index is 405. The van der Waals surface area contributed by atoms with Crippen molar-refractivity contribution in [3.05, 3.63) is 0 Å². The number of hydrogen-bond acceptors (Lipinski definition) is 4. The molecule has 0 aromatic rings. The van der Waals surface area contributed by atoms with E-state index in [2.05, 4.69) is 24.1 Å². The predicted octanol–water partition coefficient (Wildman–Crippen LogP) is 3.16. The summed E-state index contributed by atoms with van der Waals surface area (Å²) in [5.41, 5.74) is -0.459. The van der Waals surface area contributed by atoms with Crippen molar-refractivity contribution < 1.29 is 14.6 Å².